The van der Waals surface area contributed by atoms with Crippen molar-refractivity contribution in [1.82, 2.24) is 0 Å². The summed E-state index contributed by atoms with van der Waals surface area (Å²) in [7, 11) is 0. The van der Waals surface area contributed by atoms with Crippen molar-refractivity contribution < 1.29 is 4.79 Å². The lowest BCUT2D eigenvalue weighted by molar-refractivity contribution is -0.119. The smallest absolute Gasteiger partial charge is 0.244 e. The molecule has 1 heterocycles. The van der Waals surface area contributed by atoms with E-state index in [2.05, 4.69) is 20.9 Å². The molecule has 1 aliphatic rings. The number of amides is 1. The molecule has 11 heavy (non-hydrogen) atoms. The number of carbonyl (C=O) groups is 1. The summed E-state index contributed by atoms with van der Waals surface area (Å²) in [5.41, 5.74) is 5.05. The molecule has 1 amide bonds. The second-order valence-electron chi connectivity index (χ2n) is 2.23. The van der Waals surface area contributed by atoms with Crippen LogP contribution in [0.1, 0.15) is 0 Å². The second-order valence-corrected chi connectivity index (χ2v) is 3.82. The van der Waals surface area contributed by atoms with Crippen LogP contribution in [0.4, 0.5) is 0 Å². The fraction of sp³-hybridized carbons (Fsp3) is 0.333. The van der Waals surface area contributed by atoms with Gasteiger partial charge in [0, 0.05) is 10.7 Å². The lowest BCUT2D eigenvalue weighted by atomic mass is 10.1. The van der Waals surface area contributed by atoms with Crippen LogP contribution in [0, 0.1) is 0 Å². The van der Waals surface area contributed by atoms with Crippen molar-refractivity contribution in [3.63, 3.8) is 0 Å². The highest BCUT2D eigenvalue weighted by molar-refractivity contribution is 9.12. The van der Waals surface area contributed by atoms with Gasteiger partial charge in [0.15, 0.2) is 4.87 Å². The second kappa shape index (κ2) is 2.95. The van der Waals surface area contributed by atoms with Gasteiger partial charge in [-0.25, -0.2) is 0 Å². The van der Waals surface area contributed by atoms with Gasteiger partial charge < -0.3 is 5.73 Å². The van der Waals surface area contributed by atoms with Gasteiger partial charge in [-0.15, -0.1) is 11.6 Å². The first-order chi connectivity index (χ1) is 5.04. The number of rotatable bonds is 1. The minimum Gasteiger partial charge on any atom is -0.368 e. The molecule has 0 bridgehead atoms. The highest BCUT2D eigenvalue weighted by Crippen LogP contribution is 2.23. The van der Waals surface area contributed by atoms with Gasteiger partial charge in [-0.05, 0) is 22.0 Å². The third-order valence-electron chi connectivity index (χ3n) is 1.31. The van der Waals surface area contributed by atoms with Gasteiger partial charge in [0.25, 0.3) is 0 Å². The summed E-state index contributed by atoms with van der Waals surface area (Å²) in [6, 6.07) is 0. The molecule has 0 aromatic rings. The van der Waals surface area contributed by atoms with Crippen molar-refractivity contribution in [2.24, 2.45) is 10.7 Å². The van der Waals surface area contributed by atoms with Crippen LogP contribution in [-0.2, 0) is 4.79 Å². The quantitative estimate of drug-likeness (QED) is 0.674. The van der Waals surface area contributed by atoms with E-state index in [1.807, 2.05) is 0 Å². The predicted octanol–water partition coefficient (Wildman–Crippen LogP) is 0.812. The normalized spacial score (nSPS) is 29.8. The largest absolute Gasteiger partial charge is 0.368 e. The summed E-state index contributed by atoms with van der Waals surface area (Å²) < 4.78 is 0.678. The first-order valence-corrected chi connectivity index (χ1v) is 4.09. The van der Waals surface area contributed by atoms with E-state index >= 15 is 0 Å². The number of carbonyl (C=O) groups excluding carboxylic acids is 1. The number of dihydropyridines is 1. The fourth-order valence-corrected chi connectivity index (χ4v) is 1.57. The highest BCUT2D eigenvalue weighted by Gasteiger charge is 2.33. The van der Waals surface area contributed by atoms with Crippen molar-refractivity contribution in [1.29, 1.82) is 0 Å². The monoisotopic (exact) mass is 236 g/mol. The minimum absolute atomic E-state index is 0.207. The van der Waals surface area contributed by atoms with Gasteiger partial charge >= 0.3 is 0 Å². The Morgan fingerprint density at radius 1 is 1.91 bits per heavy atom. The maximum absolute atomic E-state index is 10.8. The van der Waals surface area contributed by atoms with Crippen molar-refractivity contribution >= 4 is 39.7 Å². The number of hydrogen-bond donors (Lipinski definition) is 1. The summed E-state index contributed by atoms with van der Waals surface area (Å²) in [5, 5.41) is 0. The number of allylic oxidation sites excluding steroid dienone is 1. The molecule has 0 radical (unpaired) electrons. The minimum atomic E-state index is -1.15. The van der Waals surface area contributed by atoms with Crippen molar-refractivity contribution in [3.05, 3.63) is 10.6 Å². The van der Waals surface area contributed by atoms with Crippen LogP contribution in [0.5, 0.6) is 0 Å². The first kappa shape index (κ1) is 8.74. The Kier molecular flexibility index (Phi) is 2.34. The van der Waals surface area contributed by atoms with Crippen molar-refractivity contribution in [2.75, 3.05) is 6.54 Å². The molecule has 0 aromatic heterocycles. The number of nitrogens with zero attached hydrogens (tertiary/aromatic N) is 1. The molecule has 0 aromatic carbocycles. The first-order valence-electron chi connectivity index (χ1n) is 2.91. The van der Waals surface area contributed by atoms with E-state index in [0.717, 1.165) is 0 Å². The zero-order valence-electron chi connectivity index (χ0n) is 5.55. The van der Waals surface area contributed by atoms with E-state index < -0.39 is 10.8 Å². The van der Waals surface area contributed by atoms with Crippen LogP contribution in [0.15, 0.2) is 15.6 Å². The van der Waals surface area contributed by atoms with Gasteiger partial charge in [-0.1, -0.05) is 0 Å². The Morgan fingerprint density at radius 2 is 2.55 bits per heavy atom. The molecule has 1 rings (SSSR count). The number of aliphatic imine (C=N–C) groups is 1. The molecule has 0 fully saturated rings. The molecule has 1 unspecified atom stereocenters. The number of alkyl halides is 1. The van der Waals surface area contributed by atoms with Crippen LogP contribution in [-0.4, -0.2) is 23.5 Å². The van der Waals surface area contributed by atoms with Crippen molar-refractivity contribution in [3.8, 4) is 0 Å². The molecule has 0 saturated heterocycles. The Bertz CT molecular complexity index is 251. The van der Waals surface area contributed by atoms with Crippen LogP contribution in [0.3, 0.4) is 0 Å². The molecule has 0 saturated carbocycles. The van der Waals surface area contributed by atoms with Gasteiger partial charge in [-0.3, -0.25) is 9.79 Å². The SMILES string of the molecule is NC(=O)C1(Cl)C=C(Br)C=NC1. The Morgan fingerprint density at radius 3 is 2.91 bits per heavy atom. The summed E-state index contributed by atoms with van der Waals surface area (Å²) in [6.07, 6.45) is 3.13. The number of primary amides is 1. The molecule has 1 atom stereocenters. The van der Waals surface area contributed by atoms with E-state index in [4.69, 9.17) is 17.3 Å². The lowest BCUT2D eigenvalue weighted by Crippen LogP contribution is -2.41. The zero-order chi connectivity index (χ0) is 8.48. The lowest BCUT2D eigenvalue weighted by Gasteiger charge is -2.19. The average Bonchev–Trinajstić information content (AvgIpc) is 1.86. The number of hydrogen-bond acceptors (Lipinski definition) is 2. The molecule has 0 aliphatic carbocycles. The van der Waals surface area contributed by atoms with Gasteiger partial charge in [0.05, 0.1) is 6.54 Å². The molecule has 5 heteroatoms. The molecule has 1 aliphatic heterocycles. The van der Waals surface area contributed by atoms with Gasteiger partial charge in [-0.2, -0.15) is 0 Å². The van der Waals surface area contributed by atoms with E-state index in [-0.39, 0.29) is 6.54 Å². The molecule has 60 valence electrons. The molecular formula is C6H6BrClN2O. The van der Waals surface area contributed by atoms with Gasteiger partial charge in [0.2, 0.25) is 5.91 Å². The summed E-state index contributed by atoms with van der Waals surface area (Å²) in [5.74, 6) is -0.576. The average molecular weight is 237 g/mol. The Labute approximate surface area is 77.4 Å². The van der Waals surface area contributed by atoms with E-state index in [1.54, 1.807) is 12.3 Å². The summed E-state index contributed by atoms with van der Waals surface area (Å²) in [6.45, 7) is 0.207. The third-order valence-corrected chi connectivity index (χ3v) is 2.16. The highest BCUT2D eigenvalue weighted by atomic mass is 79.9. The topological polar surface area (TPSA) is 55.5 Å². The third kappa shape index (κ3) is 1.81. The van der Waals surface area contributed by atoms with E-state index in [1.165, 1.54) is 0 Å². The van der Waals surface area contributed by atoms with Crippen LogP contribution < -0.4 is 5.73 Å². The van der Waals surface area contributed by atoms with Crippen molar-refractivity contribution in [2.45, 2.75) is 4.87 Å². The Hall–Kier alpha value is -0.350. The predicted molar refractivity (Wildman–Crippen MR) is 48.1 cm³/mol. The van der Waals surface area contributed by atoms with E-state index in [0.29, 0.717) is 4.48 Å². The van der Waals surface area contributed by atoms with Gasteiger partial charge in [0.1, 0.15) is 0 Å². The standard InChI is InChI=1S/C6H6BrClN2O/c7-4-1-6(8,5(9)11)3-10-2-4/h1-2H,3H2,(H2,9,11). The number of nitrogens with two attached hydrogens (primary N) is 1. The molecule has 2 N–H and O–H groups in total. The summed E-state index contributed by atoms with van der Waals surface area (Å²) in [4.78, 5) is 13.5. The zero-order valence-corrected chi connectivity index (χ0v) is 7.89. The van der Waals surface area contributed by atoms with Crippen LogP contribution >= 0.6 is 27.5 Å². The maximum atomic E-state index is 10.8. The van der Waals surface area contributed by atoms with Crippen LogP contribution in [0.2, 0.25) is 0 Å². The maximum Gasteiger partial charge on any atom is 0.244 e. The molecule has 3 nitrogen and oxygen atoms in total. The molecule has 0 spiro atoms. The number of halogens is 2. The Balaban J connectivity index is 2.92. The summed E-state index contributed by atoms with van der Waals surface area (Å²) >= 11 is 8.96. The fourth-order valence-electron chi connectivity index (χ4n) is 0.716. The van der Waals surface area contributed by atoms with E-state index in [9.17, 15) is 4.79 Å². The van der Waals surface area contributed by atoms with Crippen LogP contribution in [0.25, 0.3) is 0 Å². The molecular weight excluding hydrogens is 231 g/mol.